The Balaban J connectivity index is 1.87. The zero-order valence-electron chi connectivity index (χ0n) is 15.1. The van der Waals surface area contributed by atoms with Crippen molar-refractivity contribution >= 4 is 33.4 Å². The summed E-state index contributed by atoms with van der Waals surface area (Å²) in [6, 6.07) is 3.66. The molecule has 0 spiro atoms. The van der Waals surface area contributed by atoms with Crippen LogP contribution >= 0.6 is 15.9 Å². The Morgan fingerprint density at radius 3 is 2.76 bits per heavy atom. The maximum Gasteiger partial charge on any atom is 0.251 e. The van der Waals surface area contributed by atoms with Gasteiger partial charge in [0.05, 0.1) is 6.04 Å². The number of halogens is 1. The van der Waals surface area contributed by atoms with E-state index in [1.807, 2.05) is 17.0 Å². The second-order valence-electron chi connectivity index (χ2n) is 7.32. The fourth-order valence-electron chi connectivity index (χ4n) is 3.93. The van der Waals surface area contributed by atoms with Crippen molar-refractivity contribution in [3.05, 3.63) is 27.7 Å². The fourth-order valence-corrected chi connectivity index (χ4v) is 4.58. The fraction of sp³-hybridized carbons (Fsp3) is 0.579. The lowest BCUT2D eigenvalue weighted by Crippen LogP contribution is -2.46. The van der Waals surface area contributed by atoms with Gasteiger partial charge in [0.15, 0.2) is 0 Å². The molecule has 1 N–H and O–H groups in total. The number of amides is 2. The summed E-state index contributed by atoms with van der Waals surface area (Å²) >= 11 is 3.57. The minimum Gasteiger partial charge on any atom is -0.355 e. The van der Waals surface area contributed by atoms with E-state index in [4.69, 9.17) is 0 Å². The Hall–Kier alpha value is -1.40. The van der Waals surface area contributed by atoms with Crippen LogP contribution in [0.1, 0.15) is 42.6 Å². The molecule has 6 heteroatoms. The zero-order valence-corrected chi connectivity index (χ0v) is 16.7. The Bertz CT molecular complexity index is 689. The van der Waals surface area contributed by atoms with Crippen LogP contribution in [0.3, 0.4) is 0 Å². The Labute approximate surface area is 157 Å². The molecule has 1 atom stereocenters. The van der Waals surface area contributed by atoms with Gasteiger partial charge in [-0.15, -0.1) is 0 Å². The van der Waals surface area contributed by atoms with E-state index >= 15 is 0 Å². The van der Waals surface area contributed by atoms with Crippen LogP contribution in [0.4, 0.5) is 5.69 Å². The minimum absolute atomic E-state index is 0.0317. The van der Waals surface area contributed by atoms with Gasteiger partial charge in [-0.2, -0.15) is 0 Å². The molecule has 3 rings (SSSR count). The van der Waals surface area contributed by atoms with Crippen LogP contribution in [-0.2, 0) is 11.2 Å². The Kier molecular flexibility index (Phi) is 5.49. The average Bonchev–Trinajstić information content (AvgIpc) is 3.19. The van der Waals surface area contributed by atoms with Gasteiger partial charge < -0.3 is 10.2 Å². The van der Waals surface area contributed by atoms with Crippen molar-refractivity contribution in [1.82, 2.24) is 10.2 Å². The highest BCUT2D eigenvalue weighted by molar-refractivity contribution is 9.10. The van der Waals surface area contributed by atoms with E-state index in [0.29, 0.717) is 18.0 Å². The van der Waals surface area contributed by atoms with Crippen molar-refractivity contribution in [3.8, 4) is 0 Å². The topological polar surface area (TPSA) is 52.7 Å². The van der Waals surface area contributed by atoms with E-state index < -0.39 is 0 Å². The van der Waals surface area contributed by atoms with Crippen molar-refractivity contribution in [2.24, 2.45) is 5.92 Å². The van der Waals surface area contributed by atoms with Gasteiger partial charge >= 0.3 is 0 Å². The smallest absolute Gasteiger partial charge is 0.251 e. The summed E-state index contributed by atoms with van der Waals surface area (Å²) in [4.78, 5) is 29.5. The number of fused-ring (bicyclic) bond motifs is 1. The second kappa shape index (κ2) is 7.46. The standard InChI is InChI=1S/C19H26BrN3O2/c1-12(2)11-22-7-4-5-16(22)19(25)23-8-6-14-15(20)9-13(10-17(14)23)18(24)21-3/h9-10,12,16H,4-8,11H2,1-3H3,(H,21,24)/t16-/m0/s1. The Morgan fingerprint density at radius 1 is 1.32 bits per heavy atom. The van der Waals surface area contributed by atoms with Crippen LogP contribution in [0, 0.1) is 5.92 Å². The highest BCUT2D eigenvalue weighted by Gasteiger charge is 2.37. The molecule has 5 nitrogen and oxygen atoms in total. The number of rotatable bonds is 4. The van der Waals surface area contributed by atoms with Crippen LogP contribution in [-0.4, -0.2) is 49.4 Å². The van der Waals surface area contributed by atoms with Gasteiger partial charge in [-0.05, 0) is 49.4 Å². The van der Waals surface area contributed by atoms with E-state index in [1.165, 1.54) is 0 Å². The molecule has 25 heavy (non-hydrogen) atoms. The number of anilines is 1. The predicted molar refractivity (Wildman–Crippen MR) is 103 cm³/mol. The lowest BCUT2D eigenvalue weighted by molar-refractivity contribution is -0.122. The van der Waals surface area contributed by atoms with Gasteiger partial charge in [0.1, 0.15) is 0 Å². The third-order valence-electron chi connectivity index (χ3n) is 5.05. The molecule has 2 heterocycles. The molecule has 0 saturated carbocycles. The number of hydrogen-bond donors (Lipinski definition) is 1. The van der Waals surface area contributed by atoms with Gasteiger partial charge in [-0.3, -0.25) is 14.5 Å². The van der Waals surface area contributed by atoms with Crippen molar-refractivity contribution in [2.45, 2.75) is 39.2 Å². The summed E-state index contributed by atoms with van der Waals surface area (Å²) in [5.41, 5.74) is 2.59. The summed E-state index contributed by atoms with van der Waals surface area (Å²) < 4.78 is 0.907. The summed E-state index contributed by atoms with van der Waals surface area (Å²) in [5, 5.41) is 2.66. The lowest BCUT2D eigenvalue weighted by atomic mass is 10.1. The first-order chi connectivity index (χ1) is 11.9. The van der Waals surface area contributed by atoms with Crippen molar-refractivity contribution in [3.63, 3.8) is 0 Å². The van der Waals surface area contributed by atoms with Gasteiger partial charge in [-0.1, -0.05) is 29.8 Å². The number of hydrogen-bond acceptors (Lipinski definition) is 3. The lowest BCUT2D eigenvalue weighted by Gasteiger charge is -2.29. The molecule has 136 valence electrons. The molecule has 0 radical (unpaired) electrons. The molecule has 2 amide bonds. The largest absolute Gasteiger partial charge is 0.355 e. The quantitative estimate of drug-likeness (QED) is 0.834. The number of nitrogens with zero attached hydrogens (tertiary/aromatic N) is 2. The van der Waals surface area contributed by atoms with Gasteiger partial charge in [-0.25, -0.2) is 0 Å². The van der Waals surface area contributed by atoms with Crippen LogP contribution < -0.4 is 10.2 Å². The number of nitrogens with one attached hydrogen (secondary N) is 1. The molecule has 1 aromatic rings. The van der Waals surface area contributed by atoms with E-state index in [2.05, 4.69) is 40.0 Å². The van der Waals surface area contributed by atoms with Gasteiger partial charge in [0.25, 0.3) is 5.91 Å². The van der Waals surface area contributed by atoms with Crippen LogP contribution in [0.15, 0.2) is 16.6 Å². The summed E-state index contributed by atoms with van der Waals surface area (Å²) in [7, 11) is 1.62. The molecule has 1 fully saturated rings. The zero-order chi connectivity index (χ0) is 18.1. The highest BCUT2D eigenvalue weighted by Crippen LogP contribution is 2.36. The first-order valence-corrected chi connectivity index (χ1v) is 9.81. The van der Waals surface area contributed by atoms with Crippen molar-refractivity contribution in [1.29, 1.82) is 0 Å². The first kappa shape index (κ1) is 18.4. The average molecular weight is 408 g/mol. The normalized spacial score (nSPS) is 20.2. The Morgan fingerprint density at radius 2 is 2.08 bits per heavy atom. The maximum atomic E-state index is 13.2. The van der Waals surface area contributed by atoms with E-state index in [1.54, 1.807) is 7.05 Å². The third kappa shape index (κ3) is 3.60. The first-order valence-electron chi connectivity index (χ1n) is 9.02. The number of carbonyl (C=O) groups is 2. The summed E-state index contributed by atoms with van der Waals surface area (Å²) in [5.74, 6) is 0.594. The summed E-state index contributed by atoms with van der Waals surface area (Å²) in [6.45, 7) is 7.03. The van der Waals surface area contributed by atoms with Crippen molar-refractivity contribution < 1.29 is 9.59 Å². The third-order valence-corrected chi connectivity index (χ3v) is 5.76. The van der Waals surface area contributed by atoms with Crippen LogP contribution in [0.25, 0.3) is 0 Å². The summed E-state index contributed by atoms with van der Waals surface area (Å²) in [6.07, 6.45) is 2.83. The van der Waals surface area contributed by atoms with Gasteiger partial charge in [0, 0.05) is 35.9 Å². The van der Waals surface area contributed by atoms with Crippen LogP contribution in [0.5, 0.6) is 0 Å². The molecular weight excluding hydrogens is 382 g/mol. The molecule has 0 aliphatic carbocycles. The monoisotopic (exact) mass is 407 g/mol. The molecule has 0 bridgehead atoms. The number of benzene rings is 1. The SMILES string of the molecule is CNC(=O)c1cc(Br)c2c(c1)N(C(=O)[C@@H]1CCCN1CC(C)C)CC2. The predicted octanol–water partition coefficient (Wildman–Crippen LogP) is 2.82. The van der Waals surface area contributed by atoms with Crippen LogP contribution in [0.2, 0.25) is 0 Å². The van der Waals surface area contributed by atoms with E-state index in [-0.39, 0.29) is 17.9 Å². The molecule has 2 aliphatic heterocycles. The molecule has 1 saturated heterocycles. The highest BCUT2D eigenvalue weighted by atomic mass is 79.9. The maximum absolute atomic E-state index is 13.2. The number of carbonyl (C=O) groups excluding carboxylic acids is 2. The van der Waals surface area contributed by atoms with Crippen molar-refractivity contribution in [2.75, 3.05) is 31.6 Å². The molecule has 2 aliphatic rings. The minimum atomic E-state index is -0.134. The molecular formula is C19H26BrN3O2. The number of likely N-dealkylation sites (tertiary alicyclic amines) is 1. The molecule has 1 aromatic carbocycles. The van der Waals surface area contributed by atoms with E-state index in [9.17, 15) is 9.59 Å². The molecule has 0 aromatic heterocycles. The second-order valence-corrected chi connectivity index (χ2v) is 8.18. The van der Waals surface area contributed by atoms with E-state index in [0.717, 1.165) is 48.1 Å². The molecule has 0 unspecified atom stereocenters. The van der Waals surface area contributed by atoms with Gasteiger partial charge in [0.2, 0.25) is 5.91 Å².